The molecule has 1 fully saturated rings. The van der Waals surface area contributed by atoms with Crippen LogP contribution < -0.4 is 14.8 Å². The third-order valence-electron chi connectivity index (χ3n) is 5.78. The molecule has 144 valence electrons. The summed E-state index contributed by atoms with van der Waals surface area (Å²) in [5, 5.41) is 2.86. The average Bonchev–Trinajstić information content (AvgIpc) is 3.26. The number of benzene rings is 2. The van der Waals surface area contributed by atoms with E-state index in [0.29, 0.717) is 17.1 Å². The molecule has 2 aromatic carbocycles. The van der Waals surface area contributed by atoms with Gasteiger partial charge in [-0.1, -0.05) is 30.3 Å². The number of urea groups is 1. The van der Waals surface area contributed by atoms with E-state index in [1.807, 2.05) is 12.1 Å². The van der Waals surface area contributed by atoms with Crippen LogP contribution in [0.2, 0.25) is 0 Å². The van der Waals surface area contributed by atoms with Crippen molar-refractivity contribution < 1.29 is 19.1 Å². The van der Waals surface area contributed by atoms with Gasteiger partial charge in [-0.25, -0.2) is 9.69 Å². The summed E-state index contributed by atoms with van der Waals surface area (Å²) in [5.41, 5.74) is 2.15. The van der Waals surface area contributed by atoms with Gasteiger partial charge in [-0.2, -0.15) is 0 Å². The van der Waals surface area contributed by atoms with Crippen LogP contribution in [-0.2, 0) is 23.3 Å². The van der Waals surface area contributed by atoms with Crippen LogP contribution in [-0.4, -0.2) is 41.7 Å². The molecule has 3 aliphatic heterocycles. The molecule has 0 aromatic heterocycles. The van der Waals surface area contributed by atoms with Crippen molar-refractivity contribution in [3.05, 3.63) is 59.2 Å². The van der Waals surface area contributed by atoms with Crippen LogP contribution in [0.25, 0.3) is 0 Å². The number of fused-ring (bicyclic) bond motifs is 2. The number of amides is 3. The van der Waals surface area contributed by atoms with E-state index in [9.17, 15) is 9.59 Å². The van der Waals surface area contributed by atoms with Gasteiger partial charge in [-0.15, -0.1) is 0 Å². The minimum atomic E-state index is -1.12. The topological polar surface area (TPSA) is 71.1 Å². The molecule has 3 heterocycles. The first kappa shape index (κ1) is 17.1. The fraction of sp³-hybridized carbons (Fsp3) is 0.333. The zero-order valence-corrected chi connectivity index (χ0v) is 15.6. The maximum absolute atomic E-state index is 13.2. The van der Waals surface area contributed by atoms with Crippen LogP contribution in [0.1, 0.15) is 23.6 Å². The molecule has 7 heteroatoms. The van der Waals surface area contributed by atoms with Gasteiger partial charge in [0.25, 0.3) is 5.91 Å². The lowest BCUT2D eigenvalue weighted by molar-refractivity contribution is -0.132. The average molecular weight is 379 g/mol. The third-order valence-corrected chi connectivity index (χ3v) is 5.78. The van der Waals surface area contributed by atoms with Gasteiger partial charge in [0.1, 0.15) is 5.54 Å². The van der Waals surface area contributed by atoms with E-state index in [4.69, 9.17) is 9.47 Å². The van der Waals surface area contributed by atoms with Gasteiger partial charge in [0.2, 0.25) is 6.79 Å². The number of carbonyl (C=O) groups excluding carboxylic acids is 2. The Labute approximate surface area is 162 Å². The predicted octanol–water partition coefficient (Wildman–Crippen LogP) is 2.20. The van der Waals surface area contributed by atoms with Crippen LogP contribution in [0.4, 0.5) is 4.79 Å². The Bertz CT molecular complexity index is 976. The highest BCUT2D eigenvalue weighted by Crippen LogP contribution is 2.38. The molecule has 0 saturated carbocycles. The Morgan fingerprint density at radius 2 is 1.86 bits per heavy atom. The summed E-state index contributed by atoms with van der Waals surface area (Å²) in [6.45, 7) is 3.72. The molecule has 1 N–H and O–H groups in total. The lowest BCUT2D eigenvalue weighted by Gasteiger charge is -2.31. The van der Waals surface area contributed by atoms with E-state index >= 15 is 0 Å². The summed E-state index contributed by atoms with van der Waals surface area (Å²) in [6.07, 6.45) is 0.916. The molecule has 2 aromatic rings. The second-order valence-corrected chi connectivity index (χ2v) is 7.57. The lowest BCUT2D eigenvalue weighted by atomic mass is 9.91. The van der Waals surface area contributed by atoms with Crippen molar-refractivity contribution in [3.63, 3.8) is 0 Å². The number of nitrogens with zero attached hydrogens (tertiary/aromatic N) is 2. The van der Waals surface area contributed by atoms with Gasteiger partial charge >= 0.3 is 6.03 Å². The van der Waals surface area contributed by atoms with Gasteiger partial charge in [0.05, 0.1) is 6.67 Å². The van der Waals surface area contributed by atoms with E-state index in [1.165, 1.54) is 16.0 Å². The minimum Gasteiger partial charge on any atom is -0.454 e. The van der Waals surface area contributed by atoms with E-state index < -0.39 is 5.54 Å². The van der Waals surface area contributed by atoms with E-state index in [2.05, 4.69) is 22.3 Å². The largest absolute Gasteiger partial charge is 0.454 e. The third kappa shape index (κ3) is 2.62. The second kappa shape index (κ2) is 6.24. The van der Waals surface area contributed by atoms with Crippen molar-refractivity contribution in [2.75, 3.05) is 20.0 Å². The maximum Gasteiger partial charge on any atom is 0.326 e. The second-order valence-electron chi connectivity index (χ2n) is 7.57. The molecule has 3 aliphatic rings. The van der Waals surface area contributed by atoms with Crippen LogP contribution >= 0.6 is 0 Å². The van der Waals surface area contributed by atoms with E-state index in [1.54, 1.807) is 25.1 Å². The fourth-order valence-corrected chi connectivity index (χ4v) is 4.10. The van der Waals surface area contributed by atoms with E-state index in [0.717, 1.165) is 19.5 Å². The number of nitrogens with one attached hydrogen (secondary N) is 1. The van der Waals surface area contributed by atoms with Crippen molar-refractivity contribution in [1.29, 1.82) is 0 Å². The number of carbonyl (C=O) groups is 2. The quantitative estimate of drug-likeness (QED) is 0.828. The van der Waals surface area contributed by atoms with Gasteiger partial charge < -0.3 is 14.8 Å². The predicted molar refractivity (Wildman–Crippen MR) is 101 cm³/mol. The SMILES string of the molecule is C[C@]1(c2ccc3c(c2)OCO3)NC(=O)N(CN2CCc3ccccc3C2)C1=O. The Hall–Kier alpha value is -3.06. The highest BCUT2D eigenvalue weighted by atomic mass is 16.7. The van der Waals surface area contributed by atoms with Gasteiger partial charge in [0.15, 0.2) is 11.5 Å². The van der Waals surface area contributed by atoms with Crippen LogP contribution in [0.5, 0.6) is 11.5 Å². The van der Waals surface area contributed by atoms with Crippen molar-refractivity contribution >= 4 is 11.9 Å². The van der Waals surface area contributed by atoms with Gasteiger partial charge in [-0.05, 0) is 42.2 Å². The summed E-state index contributed by atoms with van der Waals surface area (Å²) >= 11 is 0. The summed E-state index contributed by atoms with van der Waals surface area (Å²) in [6, 6.07) is 13.3. The molecular weight excluding hydrogens is 358 g/mol. The summed E-state index contributed by atoms with van der Waals surface area (Å²) in [7, 11) is 0. The number of hydrogen-bond donors (Lipinski definition) is 1. The molecule has 5 rings (SSSR count). The highest BCUT2D eigenvalue weighted by molar-refractivity contribution is 6.07. The number of rotatable bonds is 3. The normalized spacial score (nSPS) is 23.7. The zero-order valence-electron chi connectivity index (χ0n) is 15.6. The standard InChI is InChI=1S/C21H21N3O4/c1-21(16-6-7-17-18(10-16)28-13-27-17)19(25)24(20(26)22-21)12-23-9-8-14-4-2-3-5-15(14)11-23/h2-7,10H,8-9,11-13H2,1H3,(H,22,26)/t21-/m1/s1. The van der Waals surface area contributed by atoms with Crippen molar-refractivity contribution in [2.24, 2.45) is 0 Å². The monoisotopic (exact) mass is 379 g/mol. The molecule has 1 saturated heterocycles. The molecule has 1 atom stereocenters. The summed E-state index contributed by atoms with van der Waals surface area (Å²) < 4.78 is 10.8. The Balaban J connectivity index is 1.36. The molecule has 0 unspecified atom stereocenters. The first-order valence-corrected chi connectivity index (χ1v) is 9.38. The number of imide groups is 1. The molecular formula is C21H21N3O4. The van der Waals surface area contributed by atoms with Gasteiger partial charge in [-0.3, -0.25) is 9.69 Å². The number of ether oxygens (including phenoxy) is 2. The van der Waals surface area contributed by atoms with Crippen LogP contribution in [0.3, 0.4) is 0 Å². The summed E-state index contributed by atoms with van der Waals surface area (Å²) in [4.78, 5) is 29.3. The number of hydrogen-bond acceptors (Lipinski definition) is 5. The fourth-order valence-electron chi connectivity index (χ4n) is 4.10. The molecule has 3 amide bonds. The van der Waals surface area contributed by atoms with Crippen molar-refractivity contribution in [3.8, 4) is 11.5 Å². The maximum atomic E-state index is 13.2. The van der Waals surface area contributed by atoms with Crippen molar-refractivity contribution in [2.45, 2.75) is 25.4 Å². The molecule has 0 aliphatic carbocycles. The molecule has 0 radical (unpaired) electrons. The van der Waals surface area contributed by atoms with E-state index in [-0.39, 0.29) is 25.4 Å². The van der Waals surface area contributed by atoms with Crippen LogP contribution in [0.15, 0.2) is 42.5 Å². The Morgan fingerprint density at radius 3 is 2.71 bits per heavy atom. The zero-order chi connectivity index (χ0) is 19.3. The minimum absolute atomic E-state index is 0.165. The first-order chi connectivity index (χ1) is 13.5. The van der Waals surface area contributed by atoms with Crippen molar-refractivity contribution in [1.82, 2.24) is 15.1 Å². The Kier molecular flexibility index (Phi) is 3.80. The first-order valence-electron chi connectivity index (χ1n) is 9.38. The molecule has 7 nitrogen and oxygen atoms in total. The highest BCUT2D eigenvalue weighted by Gasteiger charge is 2.49. The molecule has 0 spiro atoms. The smallest absolute Gasteiger partial charge is 0.326 e. The Morgan fingerprint density at radius 1 is 1.07 bits per heavy atom. The van der Waals surface area contributed by atoms with Gasteiger partial charge in [0, 0.05) is 13.1 Å². The lowest BCUT2D eigenvalue weighted by Crippen LogP contribution is -2.45. The van der Waals surface area contributed by atoms with Crippen LogP contribution in [0, 0.1) is 0 Å². The summed E-state index contributed by atoms with van der Waals surface area (Å²) in [5.74, 6) is 0.982. The molecule has 0 bridgehead atoms. The molecule has 28 heavy (non-hydrogen) atoms.